The van der Waals surface area contributed by atoms with E-state index in [0.29, 0.717) is 19.5 Å². The average molecular weight is 387 g/mol. The zero-order valence-corrected chi connectivity index (χ0v) is 17.3. The Morgan fingerprint density at radius 3 is 2.57 bits per heavy atom. The molecule has 0 bridgehead atoms. The second-order valence-corrected chi connectivity index (χ2v) is 8.18. The molecule has 0 aliphatic carbocycles. The third kappa shape index (κ3) is 5.71. The lowest BCUT2D eigenvalue weighted by molar-refractivity contribution is -0.117. The van der Waals surface area contributed by atoms with Gasteiger partial charge in [0, 0.05) is 25.2 Å². The highest BCUT2D eigenvalue weighted by Gasteiger charge is 2.31. The third-order valence-corrected chi connectivity index (χ3v) is 5.90. The lowest BCUT2D eigenvalue weighted by atomic mass is 10.1. The lowest BCUT2D eigenvalue weighted by Crippen LogP contribution is -2.44. The molecule has 28 heavy (non-hydrogen) atoms. The summed E-state index contributed by atoms with van der Waals surface area (Å²) in [5, 5.41) is 5.90. The van der Waals surface area contributed by atoms with Crippen molar-refractivity contribution in [2.75, 3.05) is 37.6 Å². The number of anilines is 1. The predicted molar refractivity (Wildman–Crippen MR) is 113 cm³/mol. The largest absolute Gasteiger partial charge is 0.338 e. The summed E-state index contributed by atoms with van der Waals surface area (Å²) in [7, 11) is 0. The van der Waals surface area contributed by atoms with Gasteiger partial charge in [-0.15, -0.1) is 0 Å². The molecule has 3 rings (SSSR count). The molecule has 3 amide bonds. The maximum atomic E-state index is 12.4. The van der Waals surface area contributed by atoms with E-state index in [9.17, 15) is 9.59 Å². The topological polar surface area (TPSA) is 64.7 Å². The standard InChI is InChI=1S/C22H34N4O2/c1-17-8-9-20(14-18(17)2)26-16-19(15-21(26)27)24-22(28)23-10-7-13-25-11-5-3-4-6-12-25/h8-9,14,19H,3-7,10-13,15-16H2,1-2H3,(H2,23,24,28)/t19-/m1/s1. The van der Waals surface area contributed by atoms with E-state index in [4.69, 9.17) is 0 Å². The Balaban J connectivity index is 1.38. The van der Waals surface area contributed by atoms with Crippen molar-refractivity contribution in [3.63, 3.8) is 0 Å². The van der Waals surface area contributed by atoms with Crippen molar-refractivity contribution in [3.05, 3.63) is 29.3 Å². The Labute approximate surface area is 168 Å². The minimum absolute atomic E-state index is 0.0646. The molecule has 6 heteroatoms. The van der Waals surface area contributed by atoms with Crippen LogP contribution in [0.4, 0.5) is 10.5 Å². The van der Waals surface area contributed by atoms with Crippen molar-refractivity contribution in [2.24, 2.45) is 0 Å². The van der Waals surface area contributed by atoms with Gasteiger partial charge in [0.15, 0.2) is 0 Å². The van der Waals surface area contributed by atoms with Gasteiger partial charge in [-0.3, -0.25) is 4.79 Å². The highest BCUT2D eigenvalue weighted by molar-refractivity contribution is 5.96. The normalized spacial score (nSPS) is 20.9. The van der Waals surface area contributed by atoms with E-state index in [1.165, 1.54) is 49.9 Å². The van der Waals surface area contributed by atoms with Gasteiger partial charge in [0.05, 0.1) is 6.04 Å². The molecule has 1 aromatic rings. The number of nitrogens with one attached hydrogen (secondary N) is 2. The Kier molecular flexibility index (Phi) is 7.31. The number of nitrogens with zero attached hydrogens (tertiary/aromatic N) is 2. The van der Waals surface area contributed by atoms with Crippen LogP contribution < -0.4 is 15.5 Å². The van der Waals surface area contributed by atoms with Gasteiger partial charge >= 0.3 is 6.03 Å². The fourth-order valence-electron chi connectivity index (χ4n) is 4.05. The fraction of sp³-hybridized carbons (Fsp3) is 0.636. The van der Waals surface area contributed by atoms with Crippen LogP contribution in [0, 0.1) is 13.8 Å². The van der Waals surface area contributed by atoms with Crippen LogP contribution >= 0.6 is 0 Å². The number of carbonyl (C=O) groups is 2. The Hall–Kier alpha value is -2.08. The molecule has 1 atom stereocenters. The molecule has 154 valence electrons. The maximum absolute atomic E-state index is 12.4. The minimum atomic E-state index is -0.171. The number of aryl methyl sites for hydroxylation is 2. The van der Waals surface area contributed by atoms with E-state index in [0.717, 1.165) is 18.7 Å². The van der Waals surface area contributed by atoms with Gasteiger partial charge in [-0.25, -0.2) is 4.79 Å². The first kappa shape index (κ1) is 20.6. The SMILES string of the molecule is Cc1ccc(N2C[C@H](NC(=O)NCCCN3CCCCCC3)CC2=O)cc1C. The monoisotopic (exact) mass is 386 g/mol. The van der Waals surface area contributed by atoms with E-state index in [1.807, 2.05) is 25.1 Å². The zero-order chi connectivity index (χ0) is 19.9. The second kappa shape index (κ2) is 9.92. The quantitative estimate of drug-likeness (QED) is 0.739. The Morgan fingerprint density at radius 2 is 1.86 bits per heavy atom. The molecule has 2 fully saturated rings. The van der Waals surface area contributed by atoms with Crippen LogP contribution in [0.3, 0.4) is 0 Å². The minimum Gasteiger partial charge on any atom is -0.338 e. The molecular weight excluding hydrogens is 352 g/mol. The summed E-state index contributed by atoms with van der Waals surface area (Å²) in [6.45, 7) is 8.73. The summed E-state index contributed by atoms with van der Waals surface area (Å²) in [6.07, 6.45) is 6.59. The number of urea groups is 1. The molecule has 2 aliphatic heterocycles. The molecule has 2 aliphatic rings. The van der Waals surface area contributed by atoms with Gasteiger partial charge < -0.3 is 20.4 Å². The second-order valence-electron chi connectivity index (χ2n) is 8.18. The summed E-state index contributed by atoms with van der Waals surface area (Å²) in [5.41, 5.74) is 3.30. The number of hydrogen-bond acceptors (Lipinski definition) is 3. The number of benzene rings is 1. The van der Waals surface area contributed by atoms with Crippen molar-refractivity contribution in [2.45, 2.75) is 58.4 Å². The van der Waals surface area contributed by atoms with Crippen LogP contribution in [0.5, 0.6) is 0 Å². The summed E-state index contributed by atoms with van der Waals surface area (Å²) >= 11 is 0. The van der Waals surface area contributed by atoms with Gasteiger partial charge in [0.1, 0.15) is 0 Å². The first-order valence-electron chi connectivity index (χ1n) is 10.7. The Morgan fingerprint density at radius 1 is 1.11 bits per heavy atom. The molecule has 0 saturated carbocycles. The smallest absolute Gasteiger partial charge is 0.315 e. The number of likely N-dealkylation sites (tertiary alicyclic amines) is 1. The highest BCUT2D eigenvalue weighted by atomic mass is 16.2. The Bertz CT molecular complexity index is 683. The van der Waals surface area contributed by atoms with Gasteiger partial charge in [-0.2, -0.15) is 0 Å². The molecule has 6 nitrogen and oxygen atoms in total. The maximum Gasteiger partial charge on any atom is 0.315 e. The van der Waals surface area contributed by atoms with Crippen LogP contribution in [-0.2, 0) is 4.79 Å². The molecule has 2 heterocycles. The number of amides is 3. The van der Waals surface area contributed by atoms with E-state index in [-0.39, 0.29) is 18.0 Å². The predicted octanol–water partition coefficient (Wildman–Crippen LogP) is 2.97. The van der Waals surface area contributed by atoms with E-state index in [1.54, 1.807) is 4.90 Å². The van der Waals surface area contributed by atoms with Gasteiger partial charge in [-0.05, 0) is 76.0 Å². The summed E-state index contributed by atoms with van der Waals surface area (Å²) in [4.78, 5) is 28.8. The van der Waals surface area contributed by atoms with Crippen LogP contribution in [0.1, 0.15) is 49.7 Å². The summed E-state index contributed by atoms with van der Waals surface area (Å²) in [5.74, 6) is 0.0646. The van der Waals surface area contributed by atoms with Crippen LogP contribution in [-0.4, -0.2) is 55.6 Å². The first-order chi connectivity index (χ1) is 13.5. The van der Waals surface area contributed by atoms with Crippen molar-refractivity contribution in [1.82, 2.24) is 15.5 Å². The molecular formula is C22H34N4O2. The van der Waals surface area contributed by atoms with Crippen molar-refractivity contribution < 1.29 is 9.59 Å². The third-order valence-electron chi connectivity index (χ3n) is 5.90. The van der Waals surface area contributed by atoms with E-state index in [2.05, 4.69) is 22.5 Å². The van der Waals surface area contributed by atoms with Crippen LogP contribution in [0.2, 0.25) is 0 Å². The molecule has 0 aromatic heterocycles. The van der Waals surface area contributed by atoms with E-state index < -0.39 is 0 Å². The number of hydrogen-bond donors (Lipinski definition) is 2. The zero-order valence-electron chi connectivity index (χ0n) is 17.3. The van der Waals surface area contributed by atoms with Crippen LogP contribution in [0.15, 0.2) is 18.2 Å². The molecule has 2 N–H and O–H groups in total. The summed E-state index contributed by atoms with van der Waals surface area (Å²) in [6, 6.07) is 5.75. The average Bonchev–Trinajstić information content (AvgIpc) is 2.86. The summed E-state index contributed by atoms with van der Waals surface area (Å²) < 4.78 is 0. The lowest BCUT2D eigenvalue weighted by Gasteiger charge is -2.20. The highest BCUT2D eigenvalue weighted by Crippen LogP contribution is 2.24. The molecule has 0 unspecified atom stereocenters. The van der Waals surface area contributed by atoms with Crippen LogP contribution in [0.25, 0.3) is 0 Å². The number of carbonyl (C=O) groups excluding carboxylic acids is 2. The molecule has 0 spiro atoms. The number of rotatable bonds is 6. The van der Waals surface area contributed by atoms with Gasteiger partial charge in [0.25, 0.3) is 0 Å². The van der Waals surface area contributed by atoms with Gasteiger partial charge in [0.2, 0.25) is 5.91 Å². The van der Waals surface area contributed by atoms with Gasteiger partial charge in [-0.1, -0.05) is 18.9 Å². The fourth-order valence-corrected chi connectivity index (χ4v) is 4.05. The molecule has 1 aromatic carbocycles. The van der Waals surface area contributed by atoms with E-state index >= 15 is 0 Å². The molecule has 0 radical (unpaired) electrons. The molecule has 2 saturated heterocycles. The first-order valence-corrected chi connectivity index (χ1v) is 10.7. The van der Waals surface area contributed by atoms with Crippen molar-refractivity contribution >= 4 is 17.6 Å². The van der Waals surface area contributed by atoms with Crippen molar-refractivity contribution in [1.29, 1.82) is 0 Å². The van der Waals surface area contributed by atoms with Crippen molar-refractivity contribution in [3.8, 4) is 0 Å².